The standard InChI is InChI=1S/C12H16N2O4/c1-7-6-18-12(13-7)14-10(15)8-4-2-3-5-9(8)11(16)17/h6,8-9H,2-5H2,1H3,(H,16,17)(H,13,14,15)/t8-,9+/m1/s1. The van der Waals surface area contributed by atoms with Crippen LogP contribution in [0.2, 0.25) is 0 Å². The van der Waals surface area contributed by atoms with Crippen LogP contribution < -0.4 is 5.32 Å². The van der Waals surface area contributed by atoms with Gasteiger partial charge in [0.2, 0.25) is 5.91 Å². The van der Waals surface area contributed by atoms with Gasteiger partial charge in [0.15, 0.2) is 0 Å². The summed E-state index contributed by atoms with van der Waals surface area (Å²) in [5, 5.41) is 11.6. The Balaban J connectivity index is 2.04. The van der Waals surface area contributed by atoms with Crippen molar-refractivity contribution >= 4 is 17.9 Å². The van der Waals surface area contributed by atoms with Crippen LogP contribution in [0, 0.1) is 18.8 Å². The van der Waals surface area contributed by atoms with Crippen LogP contribution in [0.3, 0.4) is 0 Å². The zero-order valence-corrected chi connectivity index (χ0v) is 10.2. The van der Waals surface area contributed by atoms with Crippen LogP contribution in [-0.2, 0) is 9.59 Å². The van der Waals surface area contributed by atoms with Crippen molar-refractivity contribution in [2.75, 3.05) is 5.32 Å². The molecule has 2 atom stereocenters. The Hall–Kier alpha value is -1.85. The fourth-order valence-electron chi connectivity index (χ4n) is 2.35. The predicted molar refractivity (Wildman–Crippen MR) is 63.0 cm³/mol. The van der Waals surface area contributed by atoms with E-state index in [1.54, 1.807) is 6.92 Å². The number of anilines is 1. The number of carbonyl (C=O) groups excluding carboxylic acids is 1. The van der Waals surface area contributed by atoms with Crippen LogP contribution in [0.5, 0.6) is 0 Å². The second-order valence-corrected chi connectivity index (χ2v) is 4.62. The molecule has 1 aliphatic carbocycles. The largest absolute Gasteiger partial charge is 0.481 e. The molecule has 1 fully saturated rings. The first-order valence-corrected chi connectivity index (χ1v) is 6.03. The van der Waals surface area contributed by atoms with E-state index in [0.717, 1.165) is 12.8 Å². The zero-order chi connectivity index (χ0) is 13.1. The Labute approximate surface area is 104 Å². The fraction of sp³-hybridized carbons (Fsp3) is 0.583. The van der Waals surface area contributed by atoms with Gasteiger partial charge in [-0.05, 0) is 19.8 Å². The topological polar surface area (TPSA) is 92.4 Å². The second kappa shape index (κ2) is 5.20. The van der Waals surface area contributed by atoms with Crippen LogP contribution in [0.25, 0.3) is 0 Å². The lowest BCUT2D eigenvalue weighted by atomic mass is 9.79. The molecule has 6 heteroatoms. The number of carbonyl (C=O) groups is 2. The molecule has 0 aliphatic heterocycles. The van der Waals surface area contributed by atoms with Crippen LogP contribution in [0.4, 0.5) is 6.01 Å². The van der Waals surface area contributed by atoms with Crippen molar-refractivity contribution in [2.45, 2.75) is 32.6 Å². The van der Waals surface area contributed by atoms with Gasteiger partial charge in [-0.2, -0.15) is 4.98 Å². The summed E-state index contributed by atoms with van der Waals surface area (Å²) in [6.45, 7) is 1.75. The molecule has 18 heavy (non-hydrogen) atoms. The fourth-order valence-corrected chi connectivity index (χ4v) is 2.35. The highest BCUT2D eigenvalue weighted by Gasteiger charge is 2.36. The molecule has 0 aromatic carbocycles. The summed E-state index contributed by atoms with van der Waals surface area (Å²) in [6.07, 6.45) is 4.33. The van der Waals surface area contributed by atoms with E-state index in [1.165, 1.54) is 6.26 Å². The number of aliphatic carboxylic acids is 1. The molecule has 2 N–H and O–H groups in total. The number of carboxylic acid groups (broad SMARTS) is 1. The van der Waals surface area contributed by atoms with E-state index in [0.29, 0.717) is 18.5 Å². The van der Waals surface area contributed by atoms with Crippen LogP contribution >= 0.6 is 0 Å². The molecule has 1 aliphatic rings. The van der Waals surface area contributed by atoms with E-state index in [-0.39, 0.29) is 11.9 Å². The highest BCUT2D eigenvalue weighted by Crippen LogP contribution is 2.31. The van der Waals surface area contributed by atoms with Gasteiger partial charge in [-0.15, -0.1) is 0 Å². The van der Waals surface area contributed by atoms with Crippen LogP contribution in [0.15, 0.2) is 10.7 Å². The SMILES string of the molecule is Cc1coc(NC(=O)[C@@H]2CCCC[C@@H]2C(=O)O)n1. The highest BCUT2D eigenvalue weighted by atomic mass is 16.4. The molecule has 1 saturated carbocycles. The predicted octanol–water partition coefficient (Wildman–Crippen LogP) is 1.81. The molecule has 1 aromatic heterocycles. The molecular formula is C12H16N2O4. The summed E-state index contributed by atoms with van der Waals surface area (Å²) in [5.41, 5.74) is 0.670. The minimum atomic E-state index is -0.904. The summed E-state index contributed by atoms with van der Waals surface area (Å²) in [5.74, 6) is -2.32. The monoisotopic (exact) mass is 252 g/mol. The number of aromatic nitrogens is 1. The molecule has 0 spiro atoms. The smallest absolute Gasteiger partial charge is 0.307 e. The van der Waals surface area contributed by atoms with Gasteiger partial charge >= 0.3 is 12.0 Å². The third-order valence-electron chi connectivity index (χ3n) is 3.27. The Morgan fingerprint density at radius 1 is 1.39 bits per heavy atom. The number of hydrogen-bond acceptors (Lipinski definition) is 4. The average Bonchev–Trinajstić information content (AvgIpc) is 2.74. The van der Waals surface area contributed by atoms with Crippen molar-refractivity contribution in [2.24, 2.45) is 11.8 Å². The van der Waals surface area contributed by atoms with Gasteiger partial charge in [-0.25, -0.2) is 0 Å². The number of amides is 1. The molecular weight excluding hydrogens is 236 g/mol. The Bertz CT molecular complexity index is 455. The molecule has 1 amide bonds. The first-order chi connectivity index (χ1) is 8.58. The molecule has 6 nitrogen and oxygen atoms in total. The summed E-state index contributed by atoms with van der Waals surface area (Å²) in [7, 11) is 0. The summed E-state index contributed by atoms with van der Waals surface area (Å²) in [6, 6.07) is 0.132. The highest BCUT2D eigenvalue weighted by molar-refractivity contribution is 5.93. The lowest BCUT2D eigenvalue weighted by molar-refractivity contribution is -0.147. The van der Waals surface area contributed by atoms with E-state index in [4.69, 9.17) is 9.52 Å². The Morgan fingerprint density at radius 2 is 2.06 bits per heavy atom. The van der Waals surface area contributed by atoms with E-state index in [9.17, 15) is 9.59 Å². The zero-order valence-electron chi connectivity index (χ0n) is 10.2. The first kappa shape index (κ1) is 12.6. The minimum absolute atomic E-state index is 0.132. The maximum atomic E-state index is 12.0. The first-order valence-electron chi connectivity index (χ1n) is 6.03. The van der Waals surface area contributed by atoms with Crippen molar-refractivity contribution in [1.82, 2.24) is 4.98 Å². The number of rotatable bonds is 3. The van der Waals surface area contributed by atoms with Crippen molar-refractivity contribution in [3.8, 4) is 0 Å². The van der Waals surface area contributed by atoms with Crippen molar-refractivity contribution in [3.63, 3.8) is 0 Å². The lowest BCUT2D eigenvalue weighted by Gasteiger charge is -2.26. The van der Waals surface area contributed by atoms with Gasteiger partial charge in [0, 0.05) is 0 Å². The number of aryl methyl sites for hydroxylation is 1. The van der Waals surface area contributed by atoms with Crippen molar-refractivity contribution in [1.29, 1.82) is 0 Å². The molecule has 98 valence electrons. The van der Waals surface area contributed by atoms with E-state index < -0.39 is 17.8 Å². The average molecular weight is 252 g/mol. The van der Waals surface area contributed by atoms with Crippen molar-refractivity contribution < 1.29 is 19.1 Å². The number of oxazole rings is 1. The van der Waals surface area contributed by atoms with Crippen LogP contribution in [0.1, 0.15) is 31.4 Å². The molecule has 1 aromatic rings. The maximum Gasteiger partial charge on any atom is 0.307 e. The van der Waals surface area contributed by atoms with Gasteiger partial charge in [0.25, 0.3) is 0 Å². The molecule has 0 radical (unpaired) electrons. The van der Waals surface area contributed by atoms with Gasteiger partial charge in [-0.1, -0.05) is 12.8 Å². The van der Waals surface area contributed by atoms with E-state index in [1.807, 2.05) is 0 Å². The van der Waals surface area contributed by atoms with Crippen molar-refractivity contribution in [3.05, 3.63) is 12.0 Å². The van der Waals surface area contributed by atoms with Crippen LogP contribution in [-0.4, -0.2) is 22.0 Å². The summed E-state index contributed by atoms with van der Waals surface area (Å²) in [4.78, 5) is 27.1. The molecule has 0 saturated heterocycles. The minimum Gasteiger partial charge on any atom is -0.481 e. The lowest BCUT2D eigenvalue weighted by Crippen LogP contribution is -2.36. The number of carboxylic acids is 1. The molecule has 1 heterocycles. The third kappa shape index (κ3) is 2.69. The number of hydrogen-bond donors (Lipinski definition) is 2. The van der Waals surface area contributed by atoms with Gasteiger partial charge in [0.05, 0.1) is 17.5 Å². The normalized spacial score (nSPS) is 23.6. The van der Waals surface area contributed by atoms with Gasteiger partial charge < -0.3 is 9.52 Å². The van der Waals surface area contributed by atoms with E-state index >= 15 is 0 Å². The summed E-state index contributed by atoms with van der Waals surface area (Å²) < 4.78 is 5.03. The Kier molecular flexibility index (Phi) is 3.64. The van der Waals surface area contributed by atoms with Gasteiger partial charge in [-0.3, -0.25) is 14.9 Å². The molecule has 0 bridgehead atoms. The van der Waals surface area contributed by atoms with E-state index in [2.05, 4.69) is 10.3 Å². The third-order valence-corrected chi connectivity index (χ3v) is 3.27. The summed E-state index contributed by atoms with van der Waals surface area (Å²) >= 11 is 0. The second-order valence-electron chi connectivity index (χ2n) is 4.62. The number of nitrogens with zero attached hydrogens (tertiary/aromatic N) is 1. The quantitative estimate of drug-likeness (QED) is 0.855. The maximum absolute atomic E-state index is 12.0. The molecule has 2 rings (SSSR count). The molecule has 0 unspecified atom stereocenters. The number of nitrogens with one attached hydrogen (secondary N) is 1. The van der Waals surface area contributed by atoms with Gasteiger partial charge in [0.1, 0.15) is 6.26 Å². The Morgan fingerprint density at radius 3 is 2.61 bits per heavy atom.